The first-order valence-corrected chi connectivity index (χ1v) is 8.27. The van der Waals surface area contributed by atoms with Gasteiger partial charge in [0.1, 0.15) is 0 Å². The highest BCUT2D eigenvalue weighted by atomic mass is 35.5. The summed E-state index contributed by atoms with van der Waals surface area (Å²) >= 11 is 6.09. The van der Waals surface area contributed by atoms with E-state index in [9.17, 15) is 8.42 Å². The van der Waals surface area contributed by atoms with Crippen molar-refractivity contribution in [1.82, 2.24) is 5.32 Å². The van der Waals surface area contributed by atoms with E-state index in [4.69, 9.17) is 16.7 Å². The van der Waals surface area contributed by atoms with Gasteiger partial charge in [-0.1, -0.05) is 17.7 Å². The van der Waals surface area contributed by atoms with Crippen LogP contribution in [0.25, 0.3) is 0 Å². The monoisotopic (exact) mass is 305 g/mol. The van der Waals surface area contributed by atoms with Crippen molar-refractivity contribution in [2.75, 3.05) is 12.9 Å². The molecular weight excluding hydrogens is 286 g/mol. The third kappa shape index (κ3) is 4.76. The Bertz CT molecular complexity index is 541. The van der Waals surface area contributed by atoms with E-state index in [1.54, 1.807) is 18.2 Å². The van der Waals surface area contributed by atoms with Crippen LogP contribution in [0.5, 0.6) is 0 Å². The molecule has 1 aromatic carbocycles. The van der Waals surface area contributed by atoms with Crippen LogP contribution in [0.1, 0.15) is 25.8 Å². The van der Waals surface area contributed by atoms with Gasteiger partial charge in [0.05, 0.1) is 4.90 Å². The summed E-state index contributed by atoms with van der Waals surface area (Å²) in [6.45, 7) is 4.30. The maximum Gasteiger partial charge on any atom is 0.175 e. The number of sulfone groups is 1. The van der Waals surface area contributed by atoms with E-state index in [0.29, 0.717) is 23.6 Å². The zero-order valence-electron chi connectivity index (χ0n) is 11.4. The molecule has 0 atom stereocenters. The number of benzene rings is 1. The zero-order valence-corrected chi connectivity index (χ0v) is 13.0. The van der Waals surface area contributed by atoms with Crippen molar-refractivity contribution in [2.45, 2.75) is 37.2 Å². The van der Waals surface area contributed by atoms with E-state index in [2.05, 4.69) is 5.32 Å². The minimum Gasteiger partial charge on any atom is -0.396 e. The van der Waals surface area contributed by atoms with Gasteiger partial charge in [0, 0.05) is 35.5 Å². The average Bonchev–Trinajstić information content (AvgIpc) is 2.25. The zero-order chi connectivity index (χ0) is 14.7. The highest BCUT2D eigenvalue weighted by Crippen LogP contribution is 2.24. The molecule has 0 radical (unpaired) electrons. The van der Waals surface area contributed by atoms with Crippen LogP contribution in [-0.2, 0) is 16.4 Å². The fourth-order valence-corrected chi connectivity index (χ4v) is 3.01. The summed E-state index contributed by atoms with van der Waals surface area (Å²) in [6.07, 6.45) is 1.74. The summed E-state index contributed by atoms with van der Waals surface area (Å²) in [6, 6.07) is 4.85. The first-order valence-electron chi connectivity index (χ1n) is 6.01. The van der Waals surface area contributed by atoms with E-state index in [0.717, 1.165) is 0 Å². The van der Waals surface area contributed by atoms with Gasteiger partial charge in [0.15, 0.2) is 9.84 Å². The van der Waals surface area contributed by atoms with Crippen LogP contribution in [0.2, 0.25) is 5.02 Å². The number of rotatable bonds is 6. The lowest BCUT2D eigenvalue weighted by Crippen LogP contribution is -2.39. The third-order valence-corrected chi connectivity index (χ3v) is 4.49. The summed E-state index contributed by atoms with van der Waals surface area (Å²) in [4.78, 5) is 0.243. The number of nitrogens with one attached hydrogen (secondary N) is 1. The lowest BCUT2D eigenvalue weighted by atomic mass is 10.0. The lowest BCUT2D eigenvalue weighted by Gasteiger charge is -2.26. The molecule has 19 heavy (non-hydrogen) atoms. The van der Waals surface area contributed by atoms with Gasteiger partial charge in [-0.15, -0.1) is 0 Å². The largest absolute Gasteiger partial charge is 0.396 e. The second-order valence-electron chi connectivity index (χ2n) is 5.20. The molecule has 4 nitrogen and oxygen atoms in total. The van der Waals surface area contributed by atoms with Gasteiger partial charge in [-0.25, -0.2) is 8.42 Å². The molecule has 0 aromatic heterocycles. The molecule has 2 N–H and O–H groups in total. The Labute approximate surface area is 119 Å². The van der Waals surface area contributed by atoms with Gasteiger partial charge in [-0.3, -0.25) is 0 Å². The maximum atomic E-state index is 11.7. The Morgan fingerprint density at radius 1 is 1.37 bits per heavy atom. The van der Waals surface area contributed by atoms with E-state index < -0.39 is 9.84 Å². The van der Waals surface area contributed by atoms with E-state index in [1.807, 2.05) is 13.8 Å². The first kappa shape index (κ1) is 16.4. The second-order valence-corrected chi connectivity index (χ2v) is 7.59. The fourth-order valence-electron chi connectivity index (χ4n) is 1.75. The topological polar surface area (TPSA) is 66.4 Å². The first-order chi connectivity index (χ1) is 8.67. The summed E-state index contributed by atoms with van der Waals surface area (Å²) in [5.74, 6) is 0. The van der Waals surface area contributed by atoms with Gasteiger partial charge >= 0.3 is 0 Å². The Morgan fingerprint density at radius 2 is 2.00 bits per heavy atom. The molecule has 0 heterocycles. The Morgan fingerprint density at radius 3 is 2.53 bits per heavy atom. The summed E-state index contributed by atoms with van der Waals surface area (Å²) in [5, 5.41) is 12.6. The normalized spacial score (nSPS) is 12.7. The van der Waals surface area contributed by atoms with Crippen LogP contribution in [-0.4, -0.2) is 31.9 Å². The predicted molar refractivity (Wildman–Crippen MR) is 77.2 cm³/mol. The molecule has 0 amide bonds. The van der Waals surface area contributed by atoms with Gasteiger partial charge < -0.3 is 10.4 Å². The number of hydrogen-bond acceptors (Lipinski definition) is 4. The molecule has 1 aromatic rings. The van der Waals surface area contributed by atoms with Crippen LogP contribution in [0.15, 0.2) is 23.1 Å². The Balaban J connectivity index is 3.02. The van der Waals surface area contributed by atoms with Gasteiger partial charge in [-0.05, 0) is 32.4 Å². The summed E-state index contributed by atoms with van der Waals surface area (Å²) in [5.41, 5.74) is 0.278. The molecule has 108 valence electrons. The van der Waals surface area contributed by atoms with Gasteiger partial charge in [-0.2, -0.15) is 0 Å². The van der Waals surface area contributed by atoms with Crippen molar-refractivity contribution < 1.29 is 13.5 Å². The Hall–Kier alpha value is -0.620. The molecular formula is C13H20ClNO3S. The minimum absolute atomic E-state index is 0.0709. The molecule has 0 aliphatic heterocycles. The van der Waals surface area contributed by atoms with E-state index in [1.165, 1.54) is 6.26 Å². The fraction of sp³-hybridized carbons (Fsp3) is 0.538. The molecule has 0 spiro atoms. The van der Waals surface area contributed by atoms with Crippen molar-refractivity contribution in [3.8, 4) is 0 Å². The molecule has 0 aliphatic carbocycles. The quantitative estimate of drug-likeness (QED) is 0.843. The molecule has 0 fully saturated rings. The van der Waals surface area contributed by atoms with E-state index >= 15 is 0 Å². The molecule has 6 heteroatoms. The third-order valence-electron chi connectivity index (χ3n) is 2.96. The number of aliphatic hydroxyl groups is 1. The van der Waals surface area contributed by atoms with Crippen molar-refractivity contribution in [3.63, 3.8) is 0 Å². The number of aliphatic hydroxyl groups excluding tert-OH is 1. The van der Waals surface area contributed by atoms with Crippen LogP contribution < -0.4 is 5.32 Å². The van der Waals surface area contributed by atoms with Crippen LogP contribution in [0.3, 0.4) is 0 Å². The SMILES string of the molecule is CC(C)(CCO)NCc1c(Cl)cccc1S(C)(=O)=O. The standard InChI is InChI=1S/C13H20ClNO3S/c1-13(2,7-8-16)15-9-10-11(14)5-4-6-12(10)19(3,17)18/h4-6,15-16H,7-9H2,1-3H3. The van der Waals surface area contributed by atoms with Crippen molar-refractivity contribution in [3.05, 3.63) is 28.8 Å². The van der Waals surface area contributed by atoms with Crippen LogP contribution >= 0.6 is 11.6 Å². The van der Waals surface area contributed by atoms with Crippen molar-refractivity contribution in [1.29, 1.82) is 0 Å². The van der Waals surface area contributed by atoms with Crippen LogP contribution in [0.4, 0.5) is 0 Å². The molecule has 0 unspecified atom stereocenters. The van der Waals surface area contributed by atoms with Crippen LogP contribution in [0, 0.1) is 0 Å². The predicted octanol–water partition coefficient (Wildman–Crippen LogP) is 1.99. The second kappa shape index (κ2) is 6.22. The molecule has 0 saturated carbocycles. The van der Waals surface area contributed by atoms with Crippen molar-refractivity contribution >= 4 is 21.4 Å². The molecule has 0 saturated heterocycles. The summed E-state index contributed by atoms with van der Waals surface area (Å²) in [7, 11) is -3.31. The highest BCUT2D eigenvalue weighted by Gasteiger charge is 2.20. The average molecular weight is 306 g/mol. The number of halogens is 1. The van der Waals surface area contributed by atoms with Gasteiger partial charge in [0.25, 0.3) is 0 Å². The smallest absolute Gasteiger partial charge is 0.175 e. The maximum absolute atomic E-state index is 11.7. The highest BCUT2D eigenvalue weighted by molar-refractivity contribution is 7.90. The minimum atomic E-state index is -3.31. The van der Waals surface area contributed by atoms with E-state index in [-0.39, 0.29) is 17.0 Å². The molecule has 1 rings (SSSR count). The Kier molecular flexibility index (Phi) is 5.38. The van der Waals surface area contributed by atoms with Crippen molar-refractivity contribution in [2.24, 2.45) is 0 Å². The molecule has 0 bridgehead atoms. The summed E-state index contributed by atoms with van der Waals surface area (Å²) < 4.78 is 23.5. The number of hydrogen-bond donors (Lipinski definition) is 2. The molecule has 0 aliphatic rings. The lowest BCUT2D eigenvalue weighted by molar-refractivity contribution is 0.230. The van der Waals surface area contributed by atoms with Gasteiger partial charge in [0.2, 0.25) is 0 Å².